The molecule has 0 heterocycles. The molecule has 0 bridgehead atoms. The number of esters is 1. The molecule has 0 aliphatic heterocycles. The summed E-state index contributed by atoms with van der Waals surface area (Å²) in [7, 11) is 1.40. The second-order valence-electron chi connectivity index (χ2n) is 2.76. The quantitative estimate of drug-likeness (QED) is 0.486. The molecule has 1 unspecified atom stereocenters. The maximum atomic E-state index is 10.9. The van der Waals surface area contributed by atoms with Crippen molar-refractivity contribution in [3.05, 3.63) is 0 Å². The van der Waals surface area contributed by atoms with Crippen molar-refractivity contribution < 1.29 is 9.53 Å². The first-order chi connectivity index (χ1) is 6.22. The van der Waals surface area contributed by atoms with Crippen molar-refractivity contribution in [2.24, 2.45) is 5.92 Å². The highest BCUT2D eigenvalue weighted by Crippen LogP contribution is 2.11. The standard InChI is InChI=1S/C9H15NO2S/c1-8(9(11)12-2)7-13-6-4-3-5-10/h8H,3-4,6-7H2,1-2H3. The van der Waals surface area contributed by atoms with Gasteiger partial charge < -0.3 is 4.74 Å². The van der Waals surface area contributed by atoms with Gasteiger partial charge in [-0.15, -0.1) is 0 Å². The zero-order valence-corrected chi connectivity index (χ0v) is 8.89. The maximum Gasteiger partial charge on any atom is 0.309 e. The lowest BCUT2D eigenvalue weighted by Gasteiger charge is -2.07. The zero-order valence-electron chi connectivity index (χ0n) is 8.08. The number of methoxy groups -OCH3 is 1. The average molecular weight is 201 g/mol. The van der Waals surface area contributed by atoms with Crippen molar-refractivity contribution in [1.29, 1.82) is 5.26 Å². The minimum Gasteiger partial charge on any atom is -0.469 e. The van der Waals surface area contributed by atoms with Gasteiger partial charge in [0.05, 0.1) is 19.1 Å². The topological polar surface area (TPSA) is 50.1 Å². The van der Waals surface area contributed by atoms with E-state index >= 15 is 0 Å². The molecular weight excluding hydrogens is 186 g/mol. The third-order valence-electron chi connectivity index (χ3n) is 1.55. The summed E-state index contributed by atoms with van der Waals surface area (Å²) in [5.74, 6) is 1.51. The molecule has 0 rings (SSSR count). The normalized spacial score (nSPS) is 11.8. The number of nitrogens with zero attached hydrogens (tertiary/aromatic N) is 1. The highest BCUT2D eigenvalue weighted by atomic mass is 32.2. The van der Waals surface area contributed by atoms with Crippen molar-refractivity contribution in [1.82, 2.24) is 0 Å². The molecule has 0 N–H and O–H groups in total. The van der Waals surface area contributed by atoms with E-state index in [0.717, 1.165) is 17.9 Å². The summed E-state index contributed by atoms with van der Waals surface area (Å²) in [6.45, 7) is 1.85. The van der Waals surface area contributed by atoms with Crippen LogP contribution in [0.15, 0.2) is 0 Å². The van der Waals surface area contributed by atoms with Crippen LogP contribution >= 0.6 is 11.8 Å². The fourth-order valence-electron chi connectivity index (χ4n) is 0.783. The van der Waals surface area contributed by atoms with Crippen molar-refractivity contribution in [3.8, 4) is 6.07 Å². The molecule has 0 fully saturated rings. The highest BCUT2D eigenvalue weighted by Gasteiger charge is 2.11. The first kappa shape index (κ1) is 12.3. The molecular formula is C9H15NO2S. The minimum absolute atomic E-state index is 0.0444. The van der Waals surface area contributed by atoms with Crippen LogP contribution < -0.4 is 0 Å². The monoisotopic (exact) mass is 201 g/mol. The van der Waals surface area contributed by atoms with Gasteiger partial charge in [0, 0.05) is 12.2 Å². The Labute approximate surface area is 83.4 Å². The highest BCUT2D eigenvalue weighted by molar-refractivity contribution is 7.99. The number of hydrogen-bond acceptors (Lipinski definition) is 4. The van der Waals surface area contributed by atoms with Gasteiger partial charge >= 0.3 is 5.97 Å². The van der Waals surface area contributed by atoms with E-state index in [1.165, 1.54) is 7.11 Å². The third kappa shape index (κ3) is 6.47. The van der Waals surface area contributed by atoms with Crippen LogP contribution in [0.4, 0.5) is 0 Å². The smallest absolute Gasteiger partial charge is 0.309 e. The summed E-state index contributed by atoms with van der Waals surface area (Å²) < 4.78 is 4.59. The van der Waals surface area contributed by atoms with Gasteiger partial charge in [0.15, 0.2) is 0 Å². The summed E-state index contributed by atoms with van der Waals surface area (Å²) in [4.78, 5) is 10.9. The summed E-state index contributed by atoms with van der Waals surface area (Å²) >= 11 is 1.69. The number of unbranched alkanes of at least 4 members (excludes halogenated alkanes) is 1. The molecule has 0 aliphatic rings. The number of thioether (sulfide) groups is 1. The van der Waals surface area contributed by atoms with Crippen molar-refractivity contribution in [2.75, 3.05) is 18.6 Å². The van der Waals surface area contributed by atoms with Crippen LogP contribution in [0.3, 0.4) is 0 Å². The van der Waals surface area contributed by atoms with Gasteiger partial charge in [0.25, 0.3) is 0 Å². The van der Waals surface area contributed by atoms with E-state index in [-0.39, 0.29) is 11.9 Å². The summed E-state index contributed by atoms with van der Waals surface area (Å²) in [5.41, 5.74) is 0. The van der Waals surface area contributed by atoms with Crippen LogP contribution in [0.1, 0.15) is 19.8 Å². The molecule has 0 aliphatic carbocycles. The van der Waals surface area contributed by atoms with E-state index in [1.54, 1.807) is 11.8 Å². The predicted molar refractivity (Wildman–Crippen MR) is 53.4 cm³/mol. The Balaban J connectivity index is 3.32. The van der Waals surface area contributed by atoms with Crippen LogP contribution in [0.25, 0.3) is 0 Å². The van der Waals surface area contributed by atoms with E-state index in [4.69, 9.17) is 5.26 Å². The molecule has 4 heteroatoms. The van der Waals surface area contributed by atoms with E-state index in [2.05, 4.69) is 10.8 Å². The fourth-order valence-corrected chi connectivity index (χ4v) is 1.79. The first-order valence-corrected chi connectivity index (χ1v) is 5.40. The third-order valence-corrected chi connectivity index (χ3v) is 2.86. The number of hydrogen-bond donors (Lipinski definition) is 0. The molecule has 0 aromatic rings. The van der Waals surface area contributed by atoms with Gasteiger partial charge in [-0.3, -0.25) is 4.79 Å². The molecule has 0 saturated carbocycles. The first-order valence-electron chi connectivity index (χ1n) is 4.25. The molecule has 0 amide bonds. The molecule has 1 atom stereocenters. The summed E-state index contributed by atoms with van der Waals surface area (Å²) in [5, 5.41) is 8.27. The van der Waals surface area contributed by atoms with Gasteiger partial charge in [-0.1, -0.05) is 6.92 Å². The number of carbonyl (C=O) groups excluding carboxylic acids is 1. The van der Waals surface area contributed by atoms with Crippen LogP contribution in [-0.4, -0.2) is 24.6 Å². The predicted octanol–water partition coefficient (Wildman–Crippen LogP) is 1.83. The lowest BCUT2D eigenvalue weighted by Crippen LogP contribution is -2.14. The molecule has 0 saturated heterocycles. The Morgan fingerprint density at radius 1 is 1.69 bits per heavy atom. The summed E-state index contributed by atoms with van der Waals surface area (Å²) in [6.07, 6.45) is 1.49. The molecule has 3 nitrogen and oxygen atoms in total. The second kappa shape index (κ2) is 7.93. The van der Waals surface area contributed by atoms with Gasteiger partial charge in [-0.2, -0.15) is 17.0 Å². The Kier molecular flexibility index (Phi) is 7.51. The Morgan fingerprint density at radius 2 is 2.38 bits per heavy atom. The van der Waals surface area contributed by atoms with Crippen LogP contribution in [0.2, 0.25) is 0 Å². The molecule has 0 aromatic heterocycles. The molecule has 74 valence electrons. The average Bonchev–Trinajstić information content (AvgIpc) is 2.16. The molecule has 0 spiro atoms. The van der Waals surface area contributed by atoms with Gasteiger partial charge in [-0.25, -0.2) is 0 Å². The van der Waals surface area contributed by atoms with E-state index < -0.39 is 0 Å². The van der Waals surface area contributed by atoms with E-state index in [1.807, 2.05) is 6.92 Å². The number of nitriles is 1. The zero-order chi connectivity index (χ0) is 10.1. The van der Waals surface area contributed by atoms with Crippen molar-refractivity contribution in [3.63, 3.8) is 0 Å². The van der Waals surface area contributed by atoms with Crippen LogP contribution in [0, 0.1) is 17.2 Å². The maximum absolute atomic E-state index is 10.9. The van der Waals surface area contributed by atoms with Crippen molar-refractivity contribution >= 4 is 17.7 Å². The van der Waals surface area contributed by atoms with Crippen molar-refractivity contribution in [2.45, 2.75) is 19.8 Å². The Hall–Kier alpha value is -0.690. The SMILES string of the molecule is COC(=O)C(C)CSCCCC#N. The Bertz CT molecular complexity index is 189. The van der Waals surface area contributed by atoms with Gasteiger partial charge in [0.1, 0.15) is 0 Å². The van der Waals surface area contributed by atoms with Crippen LogP contribution in [0.5, 0.6) is 0 Å². The number of ether oxygens (including phenoxy) is 1. The number of rotatable bonds is 6. The molecule has 0 aromatic carbocycles. The molecule has 0 radical (unpaired) electrons. The largest absolute Gasteiger partial charge is 0.469 e. The Morgan fingerprint density at radius 3 is 2.92 bits per heavy atom. The van der Waals surface area contributed by atoms with Gasteiger partial charge in [0.2, 0.25) is 0 Å². The van der Waals surface area contributed by atoms with Crippen LogP contribution in [-0.2, 0) is 9.53 Å². The lowest BCUT2D eigenvalue weighted by molar-refractivity contribution is -0.143. The second-order valence-corrected chi connectivity index (χ2v) is 3.91. The lowest BCUT2D eigenvalue weighted by atomic mass is 10.2. The summed E-state index contributed by atoms with van der Waals surface area (Å²) in [6, 6.07) is 2.08. The van der Waals surface area contributed by atoms with E-state index in [9.17, 15) is 4.79 Å². The number of carbonyl (C=O) groups is 1. The minimum atomic E-state index is -0.159. The fraction of sp³-hybridized carbons (Fsp3) is 0.778. The molecule has 13 heavy (non-hydrogen) atoms. The van der Waals surface area contributed by atoms with Gasteiger partial charge in [-0.05, 0) is 12.2 Å². The van der Waals surface area contributed by atoms with E-state index in [0.29, 0.717) is 6.42 Å².